The summed E-state index contributed by atoms with van der Waals surface area (Å²) in [6.07, 6.45) is 0. The van der Waals surface area contributed by atoms with Crippen molar-refractivity contribution in [3.05, 3.63) is 86.0 Å². The molecule has 0 bridgehead atoms. The summed E-state index contributed by atoms with van der Waals surface area (Å²) in [5.74, 6) is 0. The van der Waals surface area contributed by atoms with Gasteiger partial charge in [-0.1, -0.05) is 36.4 Å². The molecule has 144 valence electrons. The summed E-state index contributed by atoms with van der Waals surface area (Å²) in [6, 6.07) is 13.6. The van der Waals surface area contributed by atoms with Crippen molar-refractivity contribution in [1.82, 2.24) is 0 Å². The highest BCUT2D eigenvalue weighted by Gasteiger charge is 2.24. The van der Waals surface area contributed by atoms with Crippen LogP contribution < -0.4 is 0 Å². The van der Waals surface area contributed by atoms with Crippen LogP contribution >= 0.6 is 0 Å². The largest absolute Gasteiger partial charge is 0.392 e. The molecular weight excluding hydrogens is 350 g/mol. The fraction of sp³-hybridized carbons (Fsp3) is 0.250. The van der Waals surface area contributed by atoms with Gasteiger partial charge in [0.25, 0.3) is 5.69 Å². The van der Waals surface area contributed by atoms with Gasteiger partial charge in [0.1, 0.15) is 0 Å². The Balaban J connectivity index is 2.39. The number of aliphatic hydroxyl groups is 1. The van der Waals surface area contributed by atoms with E-state index in [9.17, 15) is 15.2 Å². The van der Waals surface area contributed by atoms with E-state index >= 15 is 0 Å². The first-order chi connectivity index (χ1) is 13.2. The van der Waals surface area contributed by atoms with Crippen LogP contribution in [0.15, 0.2) is 42.5 Å². The molecule has 1 N–H and O–H groups in total. The molecule has 0 amide bonds. The van der Waals surface area contributed by atoms with Crippen LogP contribution in [0.2, 0.25) is 0 Å². The molecule has 0 spiro atoms. The van der Waals surface area contributed by atoms with Crippen LogP contribution in [0.1, 0.15) is 33.4 Å². The van der Waals surface area contributed by atoms with Crippen LogP contribution in [0.25, 0.3) is 22.3 Å². The van der Waals surface area contributed by atoms with Gasteiger partial charge in [0.2, 0.25) is 0 Å². The zero-order valence-electron chi connectivity index (χ0n) is 17.0. The minimum Gasteiger partial charge on any atom is -0.392 e. The van der Waals surface area contributed by atoms with Crippen molar-refractivity contribution in [2.45, 2.75) is 41.2 Å². The van der Waals surface area contributed by atoms with E-state index in [1.807, 2.05) is 58.0 Å². The van der Waals surface area contributed by atoms with E-state index in [1.54, 1.807) is 0 Å². The van der Waals surface area contributed by atoms with Gasteiger partial charge in [-0.3, -0.25) is 10.1 Å². The lowest BCUT2D eigenvalue weighted by molar-refractivity contribution is -0.384. The lowest BCUT2D eigenvalue weighted by Gasteiger charge is -2.18. The molecule has 4 nitrogen and oxygen atoms in total. The van der Waals surface area contributed by atoms with Gasteiger partial charge in [-0.25, -0.2) is 0 Å². The van der Waals surface area contributed by atoms with Crippen LogP contribution in [-0.4, -0.2) is 10.0 Å². The molecule has 0 aliphatic carbocycles. The van der Waals surface area contributed by atoms with Crippen LogP contribution in [-0.2, 0) is 6.61 Å². The van der Waals surface area contributed by atoms with Crippen molar-refractivity contribution in [2.24, 2.45) is 0 Å². The normalized spacial score (nSPS) is 10.9. The molecule has 0 radical (unpaired) electrons. The molecule has 28 heavy (non-hydrogen) atoms. The summed E-state index contributed by atoms with van der Waals surface area (Å²) in [6.45, 7) is 9.78. The smallest absolute Gasteiger partial charge is 0.277 e. The summed E-state index contributed by atoms with van der Waals surface area (Å²) in [5, 5.41) is 21.8. The Labute approximate surface area is 165 Å². The summed E-state index contributed by atoms with van der Waals surface area (Å²) in [5.41, 5.74) is 9.22. The van der Waals surface area contributed by atoms with Gasteiger partial charge < -0.3 is 5.11 Å². The van der Waals surface area contributed by atoms with E-state index < -0.39 is 0 Å². The molecule has 0 saturated carbocycles. The predicted octanol–water partition coefficient (Wildman–Crippen LogP) is 5.96. The van der Waals surface area contributed by atoms with Gasteiger partial charge in [0.15, 0.2) is 0 Å². The second-order valence-corrected chi connectivity index (χ2v) is 7.44. The molecular formula is C24H25NO3. The van der Waals surface area contributed by atoms with E-state index in [0.717, 1.165) is 38.9 Å². The highest BCUT2D eigenvalue weighted by molar-refractivity contribution is 5.87. The molecule has 0 aliphatic rings. The molecule has 3 aromatic rings. The molecule has 0 heterocycles. The third-order valence-corrected chi connectivity index (χ3v) is 5.60. The van der Waals surface area contributed by atoms with Crippen LogP contribution in [0.4, 0.5) is 5.69 Å². The zero-order chi connectivity index (χ0) is 20.6. The Bertz CT molecular complexity index is 1080. The van der Waals surface area contributed by atoms with Crippen molar-refractivity contribution < 1.29 is 10.0 Å². The van der Waals surface area contributed by atoms with E-state index in [2.05, 4.69) is 13.0 Å². The molecule has 0 atom stereocenters. The Morgan fingerprint density at radius 3 is 1.71 bits per heavy atom. The lowest BCUT2D eigenvalue weighted by atomic mass is 9.86. The fourth-order valence-electron chi connectivity index (χ4n) is 3.70. The molecule has 3 aromatic carbocycles. The number of nitrogens with zero attached hydrogens (tertiary/aromatic N) is 1. The fourth-order valence-corrected chi connectivity index (χ4v) is 3.70. The average Bonchev–Trinajstić information content (AvgIpc) is 2.65. The van der Waals surface area contributed by atoms with Gasteiger partial charge >= 0.3 is 0 Å². The van der Waals surface area contributed by atoms with Crippen molar-refractivity contribution in [3.63, 3.8) is 0 Å². The zero-order valence-corrected chi connectivity index (χ0v) is 17.0. The summed E-state index contributed by atoms with van der Waals surface area (Å²) in [7, 11) is 0. The number of hydrogen-bond acceptors (Lipinski definition) is 3. The van der Waals surface area contributed by atoms with Gasteiger partial charge in [0.05, 0.1) is 17.1 Å². The maximum Gasteiger partial charge on any atom is 0.277 e. The van der Waals surface area contributed by atoms with Gasteiger partial charge in [-0.05, 0) is 84.7 Å². The average molecular weight is 375 g/mol. The molecule has 0 aliphatic heterocycles. The predicted molar refractivity (Wildman–Crippen MR) is 114 cm³/mol. The van der Waals surface area contributed by atoms with Gasteiger partial charge in [-0.2, -0.15) is 0 Å². The Hall–Kier alpha value is -2.98. The minimum absolute atomic E-state index is 0.0254. The number of nitro benzene ring substituents is 1. The number of nitro groups is 1. The van der Waals surface area contributed by atoms with E-state index in [0.29, 0.717) is 11.1 Å². The molecule has 0 aromatic heterocycles. The first-order valence-electron chi connectivity index (χ1n) is 9.31. The highest BCUT2D eigenvalue weighted by atomic mass is 16.6. The second-order valence-electron chi connectivity index (χ2n) is 7.44. The quantitative estimate of drug-likeness (QED) is 0.452. The maximum atomic E-state index is 11.8. The first-order valence-corrected chi connectivity index (χ1v) is 9.31. The van der Waals surface area contributed by atoms with Crippen molar-refractivity contribution in [1.29, 1.82) is 0 Å². The third-order valence-electron chi connectivity index (χ3n) is 5.60. The van der Waals surface area contributed by atoms with E-state index in [-0.39, 0.29) is 17.2 Å². The number of aryl methyl sites for hydroxylation is 4. The first kappa shape index (κ1) is 19.8. The topological polar surface area (TPSA) is 63.4 Å². The monoisotopic (exact) mass is 375 g/mol. The van der Waals surface area contributed by atoms with E-state index in [1.165, 1.54) is 11.6 Å². The Morgan fingerprint density at radius 2 is 1.29 bits per heavy atom. The standard InChI is InChI=1S/C24H25NO3/c1-14-6-8-19(10-16(14)3)23-18(5)24(20-9-7-15(2)17(4)11-20)22(25(27)28)12-21(23)13-26/h6-12,26H,13H2,1-5H3. The summed E-state index contributed by atoms with van der Waals surface area (Å²) >= 11 is 0. The summed E-state index contributed by atoms with van der Waals surface area (Å²) in [4.78, 5) is 11.5. The van der Waals surface area contributed by atoms with E-state index in [4.69, 9.17) is 0 Å². The molecule has 3 rings (SSSR count). The highest BCUT2D eigenvalue weighted by Crippen LogP contribution is 2.41. The van der Waals surface area contributed by atoms with Gasteiger partial charge in [-0.15, -0.1) is 0 Å². The Kier molecular flexibility index (Phi) is 5.34. The number of benzene rings is 3. The lowest BCUT2D eigenvalue weighted by Crippen LogP contribution is -2.02. The van der Waals surface area contributed by atoms with Gasteiger partial charge in [0, 0.05) is 6.07 Å². The SMILES string of the molecule is Cc1ccc(-c2c(CO)cc([N+](=O)[O-])c(-c3ccc(C)c(C)c3)c2C)cc1C. The minimum atomic E-state index is -0.360. The molecule has 0 saturated heterocycles. The maximum absolute atomic E-state index is 11.8. The molecule has 0 unspecified atom stereocenters. The van der Waals surface area contributed by atoms with Crippen LogP contribution in [0.5, 0.6) is 0 Å². The number of aliphatic hydroxyl groups excluding tert-OH is 1. The summed E-state index contributed by atoms with van der Waals surface area (Å²) < 4.78 is 0. The Morgan fingerprint density at radius 1 is 0.786 bits per heavy atom. The van der Waals surface area contributed by atoms with Crippen molar-refractivity contribution >= 4 is 5.69 Å². The van der Waals surface area contributed by atoms with Crippen molar-refractivity contribution in [2.75, 3.05) is 0 Å². The second kappa shape index (κ2) is 7.56. The third kappa shape index (κ3) is 3.43. The van der Waals surface area contributed by atoms with Crippen LogP contribution in [0.3, 0.4) is 0 Å². The molecule has 0 fully saturated rings. The van der Waals surface area contributed by atoms with Crippen LogP contribution in [0, 0.1) is 44.7 Å². The molecule has 4 heteroatoms. The number of rotatable bonds is 4. The van der Waals surface area contributed by atoms with Crippen molar-refractivity contribution in [3.8, 4) is 22.3 Å². The number of hydrogen-bond donors (Lipinski definition) is 1.